The summed E-state index contributed by atoms with van der Waals surface area (Å²) in [5, 5.41) is 3.39. The molecule has 0 radical (unpaired) electrons. The highest BCUT2D eigenvalue weighted by Gasteiger charge is 2.07. The third kappa shape index (κ3) is 4.95. The zero-order valence-corrected chi connectivity index (χ0v) is 16.3. The number of hydrogen-bond acceptors (Lipinski definition) is 3. The van der Waals surface area contributed by atoms with Crippen LogP contribution < -0.4 is 11.1 Å². The summed E-state index contributed by atoms with van der Waals surface area (Å²) >= 11 is 2.27. The first kappa shape index (κ1) is 18.2. The van der Waals surface area contributed by atoms with Crippen LogP contribution in [0.15, 0.2) is 84.9 Å². The monoisotopic (exact) mass is 454 g/mol. The predicted octanol–water partition coefficient (Wildman–Crippen LogP) is 4.89. The smallest absolute Gasteiger partial charge is 0.187 e. The van der Waals surface area contributed by atoms with Crippen molar-refractivity contribution >= 4 is 39.8 Å². The van der Waals surface area contributed by atoms with Crippen LogP contribution in [0, 0.1) is 3.57 Å². The number of carbonyl (C=O) groups is 1. The van der Waals surface area contributed by atoms with Crippen molar-refractivity contribution < 1.29 is 4.79 Å². The van der Waals surface area contributed by atoms with Crippen LogP contribution in [-0.2, 0) is 6.54 Å². The van der Waals surface area contributed by atoms with E-state index in [1.54, 1.807) is 6.08 Å². The molecule has 0 aliphatic carbocycles. The molecule has 0 fully saturated rings. The summed E-state index contributed by atoms with van der Waals surface area (Å²) < 4.78 is 1.15. The summed E-state index contributed by atoms with van der Waals surface area (Å²) in [6.45, 7) is 0.611. The van der Waals surface area contributed by atoms with E-state index in [4.69, 9.17) is 5.73 Å². The minimum atomic E-state index is -0.0241. The van der Waals surface area contributed by atoms with Gasteiger partial charge in [-0.2, -0.15) is 0 Å². The molecule has 0 atom stereocenters. The van der Waals surface area contributed by atoms with Gasteiger partial charge < -0.3 is 11.1 Å². The van der Waals surface area contributed by atoms with Crippen molar-refractivity contribution in [3.05, 3.63) is 105 Å². The lowest BCUT2D eigenvalue weighted by atomic mass is 10.1. The molecule has 0 spiro atoms. The van der Waals surface area contributed by atoms with Crippen LogP contribution in [0.5, 0.6) is 0 Å². The van der Waals surface area contributed by atoms with Crippen molar-refractivity contribution in [2.45, 2.75) is 6.54 Å². The summed E-state index contributed by atoms with van der Waals surface area (Å²) in [5.74, 6) is -0.0241. The maximum atomic E-state index is 12.6. The van der Waals surface area contributed by atoms with E-state index in [9.17, 15) is 4.79 Å². The SMILES string of the molecule is Nc1ccc(CN/C(=C\C(=O)c2ccccc2)c2ccc(I)cc2)cc1. The minimum absolute atomic E-state index is 0.0241. The number of hydrogen-bond donors (Lipinski definition) is 2. The van der Waals surface area contributed by atoms with E-state index < -0.39 is 0 Å². The van der Waals surface area contributed by atoms with E-state index in [0.717, 1.165) is 26.1 Å². The highest BCUT2D eigenvalue weighted by Crippen LogP contribution is 2.17. The fourth-order valence-electron chi connectivity index (χ4n) is 2.52. The fraction of sp³-hybridized carbons (Fsp3) is 0.0455. The van der Waals surface area contributed by atoms with Crippen molar-refractivity contribution in [1.29, 1.82) is 0 Å². The molecule has 130 valence electrons. The topological polar surface area (TPSA) is 55.1 Å². The molecule has 0 aromatic heterocycles. The Bertz CT molecular complexity index is 901. The van der Waals surface area contributed by atoms with E-state index in [1.807, 2.05) is 78.9 Å². The van der Waals surface area contributed by atoms with Crippen molar-refractivity contribution in [1.82, 2.24) is 5.32 Å². The molecule has 3 nitrogen and oxygen atoms in total. The van der Waals surface area contributed by atoms with Gasteiger partial charge >= 0.3 is 0 Å². The first-order chi connectivity index (χ1) is 12.6. The molecule has 0 aliphatic rings. The molecular formula is C22H19IN2O. The Balaban J connectivity index is 1.86. The van der Waals surface area contributed by atoms with Crippen LogP contribution >= 0.6 is 22.6 Å². The molecule has 0 unspecified atom stereocenters. The average molecular weight is 454 g/mol. The Morgan fingerprint density at radius 3 is 2.19 bits per heavy atom. The lowest BCUT2D eigenvalue weighted by Gasteiger charge is -2.12. The summed E-state index contributed by atoms with van der Waals surface area (Å²) in [6.07, 6.45) is 1.66. The van der Waals surface area contributed by atoms with Gasteiger partial charge in [-0.25, -0.2) is 0 Å². The third-order valence-electron chi connectivity index (χ3n) is 3.95. The molecule has 3 rings (SSSR count). The molecule has 3 aromatic carbocycles. The maximum absolute atomic E-state index is 12.6. The predicted molar refractivity (Wildman–Crippen MR) is 116 cm³/mol. The van der Waals surface area contributed by atoms with Gasteiger partial charge in [0.25, 0.3) is 0 Å². The third-order valence-corrected chi connectivity index (χ3v) is 4.67. The first-order valence-corrected chi connectivity index (χ1v) is 9.35. The molecule has 3 aromatic rings. The van der Waals surface area contributed by atoms with Crippen LogP contribution in [0.1, 0.15) is 21.5 Å². The van der Waals surface area contributed by atoms with E-state index in [2.05, 4.69) is 27.9 Å². The van der Waals surface area contributed by atoms with Crippen LogP contribution in [0.25, 0.3) is 5.70 Å². The van der Waals surface area contributed by atoms with Crippen LogP contribution in [0.4, 0.5) is 5.69 Å². The lowest BCUT2D eigenvalue weighted by Crippen LogP contribution is -2.13. The number of halogens is 1. The Labute approximate surface area is 167 Å². The number of rotatable bonds is 6. The quantitative estimate of drug-likeness (QED) is 0.242. The second kappa shape index (κ2) is 8.67. The first-order valence-electron chi connectivity index (χ1n) is 8.27. The standard InChI is InChI=1S/C22H19IN2O/c23-19-10-8-17(9-11-19)21(14-22(26)18-4-2-1-3-5-18)25-15-16-6-12-20(24)13-7-16/h1-14,25H,15,24H2/b21-14-. The molecule has 0 aliphatic heterocycles. The van der Waals surface area contributed by atoms with Gasteiger partial charge in [0.05, 0.1) is 0 Å². The van der Waals surface area contributed by atoms with Gasteiger partial charge in [0.2, 0.25) is 0 Å². The van der Waals surface area contributed by atoms with Gasteiger partial charge in [-0.05, 0) is 58.0 Å². The molecule has 0 bridgehead atoms. The molecule has 3 N–H and O–H groups in total. The second-order valence-electron chi connectivity index (χ2n) is 5.89. The number of nitrogen functional groups attached to an aromatic ring is 1. The molecular weight excluding hydrogens is 435 g/mol. The van der Waals surface area contributed by atoms with Crippen molar-refractivity contribution in [2.75, 3.05) is 5.73 Å². The minimum Gasteiger partial charge on any atom is -0.399 e. The normalized spacial score (nSPS) is 11.2. The molecule has 0 amide bonds. The lowest BCUT2D eigenvalue weighted by molar-refractivity contribution is 0.104. The molecule has 0 saturated heterocycles. The summed E-state index contributed by atoms with van der Waals surface area (Å²) in [5.41, 5.74) is 10.0. The van der Waals surface area contributed by atoms with E-state index in [-0.39, 0.29) is 5.78 Å². The number of ketones is 1. The van der Waals surface area contributed by atoms with Crippen molar-refractivity contribution in [3.8, 4) is 0 Å². The Hall–Kier alpha value is -2.60. The summed E-state index contributed by atoms with van der Waals surface area (Å²) in [7, 11) is 0. The number of carbonyl (C=O) groups excluding carboxylic acids is 1. The Morgan fingerprint density at radius 2 is 1.54 bits per heavy atom. The number of anilines is 1. The van der Waals surface area contributed by atoms with Gasteiger partial charge in [0.15, 0.2) is 5.78 Å². The highest BCUT2D eigenvalue weighted by molar-refractivity contribution is 14.1. The van der Waals surface area contributed by atoms with Gasteiger partial charge in [-0.1, -0.05) is 54.6 Å². The van der Waals surface area contributed by atoms with Crippen LogP contribution in [-0.4, -0.2) is 5.78 Å². The number of nitrogens with two attached hydrogens (primary N) is 1. The van der Waals surface area contributed by atoms with Crippen molar-refractivity contribution in [3.63, 3.8) is 0 Å². The fourth-order valence-corrected chi connectivity index (χ4v) is 2.88. The van der Waals surface area contributed by atoms with Crippen LogP contribution in [0.3, 0.4) is 0 Å². The van der Waals surface area contributed by atoms with E-state index >= 15 is 0 Å². The van der Waals surface area contributed by atoms with Gasteiger partial charge in [-0.15, -0.1) is 0 Å². The number of nitrogens with one attached hydrogen (secondary N) is 1. The zero-order valence-electron chi connectivity index (χ0n) is 14.2. The Kier molecular flexibility index (Phi) is 6.07. The van der Waals surface area contributed by atoms with E-state index in [0.29, 0.717) is 12.1 Å². The molecule has 0 saturated carbocycles. The highest BCUT2D eigenvalue weighted by atomic mass is 127. The zero-order chi connectivity index (χ0) is 18.4. The molecule has 26 heavy (non-hydrogen) atoms. The van der Waals surface area contributed by atoms with Crippen molar-refractivity contribution in [2.24, 2.45) is 0 Å². The largest absolute Gasteiger partial charge is 0.399 e. The average Bonchev–Trinajstić information content (AvgIpc) is 2.67. The Morgan fingerprint density at radius 1 is 0.885 bits per heavy atom. The summed E-state index contributed by atoms with van der Waals surface area (Å²) in [4.78, 5) is 12.6. The molecule has 0 heterocycles. The van der Waals surface area contributed by atoms with Gasteiger partial charge in [0, 0.05) is 33.1 Å². The number of allylic oxidation sites excluding steroid dienone is 1. The maximum Gasteiger partial charge on any atom is 0.187 e. The van der Waals surface area contributed by atoms with E-state index in [1.165, 1.54) is 0 Å². The number of benzene rings is 3. The summed E-state index contributed by atoms with van der Waals surface area (Å²) in [6, 6.07) is 25.1. The second-order valence-corrected chi connectivity index (χ2v) is 7.14. The van der Waals surface area contributed by atoms with Crippen LogP contribution in [0.2, 0.25) is 0 Å². The van der Waals surface area contributed by atoms with Gasteiger partial charge in [0.1, 0.15) is 0 Å². The molecule has 4 heteroatoms. The van der Waals surface area contributed by atoms with Gasteiger partial charge in [-0.3, -0.25) is 4.79 Å².